The Labute approximate surface area is 166 Å². The molecule has 3 rings (SSSR count). The Hall–Kier alpha value is -2.59. The maximum Gasteiger partial charge on any atom is 0.145 e. The highest BCUT2D eigenvalue weighted by Gasteiger charge is 2.14. The van der Waals surface area contributed by atoms with Gasteiger partial charge in [-0.3, -0.25) is 0 Å². The number of halogens is 5. The summed E-state index contributed by atoms with van der Waals surface area (Å²) in [5.41, 5.74) is 1.47. The first-order valence-corrected chi connectivity index (χ1v) is 9.13. The van der Waals surface area contributed by atoms with Gasteiger partial charge in [-0.25, -0.2) is 17.6 Å². The third kappa shape index (κ3) is 4.28. The summed E-state index contributed by atoms with van der Waals surface area (Å²) in [5, 5.41) is -0.641. The van der Waals surface area contributed by atoms with Crippen LogP contribution in [0.1, 0.15) is 18.9 Å². The smallest absolute Gasteiger partial charge is 0.145 e. The average Bonchev–Trinajstić information content (AvgIpc) is 2.66. The van der Waals surface area contributed by atoms with Gasteiger partial charge in [-0.1, -0.05) is 48.0 Å². The van der Waals surface area contributed by atoms with Crippen molar-refractivity contribution in [2.24, 2.45) is 0 Å². The van der Waals surface area contributed by atoms with E-state index in [-0.39, 0.29) is 16.7 Å². The van der Waals surface area contributed by atoms with Crippen molar-refractivity contribution in [2.45, 2.75) is 19.8 Å². The summed E-state index contributed by atoms with van der Waals surface area (Å²) in [6.45, 7) is 1.93. The second-order valence-electron chi connectivity index (χ2n) is 6.37. The molecule has 0 N–H and O–H groups in total. The van der Waals surface area contributed by atoms with Crippen LogP contribution in [0, 0.1) is 23.3 Å². The van der Waals surface area contributed by atoms with E-state index in [1.165, 1.54) is 18.2 Å². The lowest BCUT2D eigenvalue weighted by Crippen LogP contribution is -1.93. The van der Waals surface area contributed by atoms with E-state index in [4.69, 9.17) is 11.6 Å². The molecule has 0 nitrogen and oxygen atoms in total. The molecule has 144 valence electrons. The highest BCUT2D eigenvalue weighted by molar-refractivity contribution is 6.31. The minimum atomic E-state index is -0.973. The van der Waals surface area contributed by atoms with Crippen LogP contribution in [-0.4, -0.2) is 0 Å². The van der Waals surface area contributed by atoms with Crippen LogP contribution in [0.2, 0.25) is 5.02 Å². The molecule has 0 aliphatic heterocycles. The fraction of sp³-hybridized carbons (Fsp3) is 0.130. The van der Waals surface area contributed by atoms with E-state index in [1.54, 1.807) is 12.1 Å². The molecule has 3 aromatic rings. The summed E-state index contributed by atoms with van der Waals surface area (Å²) in [5.74, 6) is -3.11. The van der Waals surface area contributed by atoms with Gasteiger partial charge in [0.05, 0.1) is 0 Å². The van der Waals surface area contributed by atoms with Crippen LogP contribution in [0.3, 0.4) is 0 Å². The van der Waals surface area contributed by atoms with Crippen molar-refractivity contribution in [1.82, 2.24) is 0 Å². The number of benzene rings is 3. The van der Waals surface area contributed by atoms with Crippen LogP contribution < -0.4 is 0 Å². The molecule has 5 heteroatoms. The minimum absolute atomic E-state index is 0.00148. The number of rotatable bonds is 5. The van der Waals surface area contributed by atoms with Crippen molar-refractivity contribution >= 4 is 11.6 Å². The van der Waals surface area contributed by atoms with E-state index in [0.717, 1.165) is 30.2 Å². The summed E-state index contributed by atoms with van der Waals surface area (Å²) < 4.78 is 56.4. The van der Waals surface area contributed by atoms with Gasteiger partial charge in [0, 0.05) is 11.1 Å². The molecule has 0 aliphatic carbocycles. The van der Waals surface area contributed by atoms with Gasteiger partial charge in [-0.05, 0) is 60.7 Å². The molecule has 0 aromatic heterocycles. The zero-order valence-electron chi connectivity index (χ0n) is 15.1. The molecule has 0 atom stereocenters. The fourth-order valence-corrected chi connectivity index (χ4v) is 3.10. The monoisotopic (exact) mass is 404 g/mol. The summed E-state index contributed by atoms with van der Waals surface area (Å²) in [6.07, 6.45) is 5.46. The predicted octanol–water partition coefficient (Wildman–Crippen LogP) is 7.74. The first-order valence-electron chi connectivity index (χ1n) is 8.75. The average molecular weight is 405 g/mol. The van der Waals surface area contributed by atoms with Crippen molar-refractivity contribution < 1.29 is 17.6 Å². The molecule has 0 amide bonds. The summed E-state index contributed by atoms with van der Waals surface area (Å²) in [7, 11) is 0. The van der Waals surface area contributed by atoms with Crippen LogP contribution in [0.5, 0.6) is 0 Å². The molecule has 0 spiro atoms. The third-order valence-corrected chi connectivity index (χ3v) is 4.80. The topological polar surface area (TPSA) is 0 Å². The lowest BCUT2D eigenvalue weighted by Gasteiger charge is -2.10. The van der Waals surface area contributed by atoms with Crippen LogP contribution in [0.4, 0.5) is 17.6 Å². The largest absolute Gasteiger partial charge is 0.206 e. The summed E-state index contributed by atoms with van der Waals surface area (Å²) >= 11 is 5.46. The normalized spacial score (nSPS) is 11.4. The van der Waals surface area contributed by atoms with E-state index in [1.807, 2.05) is 19.1 Å². The standard InChI is InChI=1S/C23H17ClF4/c1-2-3-4-5-14-6-8-17(19(25)10-14)15-7-9-18(20(26)11-15)16-12-21(27)23(24)22(28)13-16/h2-3,6-13H,4-5H2,1H3. The number of hydrogen-bond donors (Lipinski definition) is 0. The second-order valence-corrected chi connectivity index (χ2v) is 6.75. The molecule has 28 heavy (non-hydrogen) atoms. The second kappa shape index (κ2) is 8.61. The maximum absolute atomic E-state index is 14.6. The lowest BCUT2D eigenvalue weighted by atomic mass is 9.97. The van der Waals surface area contributed by atoms with Gasteiger partial charge in [0.15, 0.2) is 0 Å². The molecule has 0 bridgehead atoms. The molecule has 0 unspecified atom stereocenters. The van der Waals surface area contributed by atoms with E-state index >= 15 is 0 Å². The number of allylic oxidation sites excluding steroid dienone is 2. The van der Waals surface area contributed by atoms with Crippen molar-refractivity contribution in [3.63, 3.8) is 0 Å². The minimum Gasteiger partial charge on any atom is -0.206 e. The van der Waals surface area contributed by atoms with Crippen LogP contribution in [0.25, 0.3) is 22.3 Å². The molecule has 0 fully saturated rings. The van der Waals surface area contributed by atoms with E-state index in [0.29, 0.717) is 12.0 Å². The van der Waals surface area contributed by atoms with Gasteiger partial charge in [-0.2, -0.15) is 0 Å². The molecule has 0 saturated heterocycles. The zero-order valence-corrected chi connectivity index (χ0v) is 15.8. The Morgan fingerprint density at radius 2 is 1.32 bits per heavy atom. The van der Waals surface area contributed by atoms with Crippen molar-refractivity contribution in [3.05, 3.63) is 94.5 Å². The quantitative estimate of drug-likeness (QED) is 0.232. The van der Waals surface area contributed by atoms with Crippen LogP contribution in [0.15, 0.2) is 60.7 Å². The van der Waals surface area contributed by atoms with Gasteiger partial charge in [0.1, 0.15) is 28.3 Å². The Bertz CT molecular complexity index is 1020. The molecule has 0 aliphatic rings. The van der Waals surface area contributed by atoms with Crippen LogP contribution in [-0.2, 0) is 6.42 Å². The van der Waals surface area contributed by atoms with Crippen molar-refractivity contribution in [3.8, 4) is 22.3 Å². The van der Waals surface area contributed by atoms with Gasteiger partial charge >= 0.3 is 0 Å². The van der Waals surface area contributed by atoms with Gasteiger partial charge in [0.2, 0.25) is 0 Å². The molecule has 0 saturated carbocycles. The van der Waals surface area contributed by atoms with Crippen molar-refractivity contribution in [1.29, 1.82) is 0 Å². The summed E-state index contributed by atoms with van der Waals surface area (Å²) in [4.78, 5) is 0. The number of hydrogen-bond acceptors (Lipinski definition) is 0. The van der Waals surface area contributed by atoms with Gasteiger partial charge < -0.3 is 0 Å². The Morgan fingerprint density at radius 3 is 1.93 bits per heavy atom. The Balaban J connectivity index is 1.92. The molecule has 0 radical (unpaired) electrons. The molecular weight excluding hydrogens is 388 g/mol. The highest BCUT2D eigenvalue weighted by Crippen LogP contribution is 2.32. The summed E-state index contributed by atoms with van der Waals surface area (Å²) in [6, 6.07) is 10.8. The third-order valence-electron chi connectivity index (χ3n) is 4.44. The molecule has 0 heterocycles. The van der Waals surface area contributed by atoms with E-state index in [9.17, 15) is 17.6 Å². The lowest BCUT2D eigenvalue weighted by molar-refractivity contribution is 0.584. The zero-order chi connectivity index (χ0) is 20.3. The van der Waals surface area contributed by atoms with Crippen molar-refractivity contribution in [2.75, 3.05) is 0 Å². The predicted molar refractivity (Wildman–Crippen MR) is 105 cm³/mol. The SMILES string of the molecule is CC=CCCc1ccc(-c2ccc(-c3cc(F)c(Cl)c(F)c3)c(F)c2)c(F)c1. The van der Waals surface area contributed by atoms with Crippen LogP contribution >= 0.6 is 11.6 Å². The van der Waals surface area contributed by atoms with E-state index in [2.05, 4.69) is 0 Å². The highest BCUT2D eigenvalue weighted by atomic mass is 35.5. The van der Waals surface area contributed by atoms with Gasteiger partial charge in [-0.15, -0.1) is 0 Å². The Morgan fingerprint density at radius 1 is 0.750 bits per heavy atom. The fourth-order valence-electron chi connectivity index (χ4n) is 2.99. The molecular formula is C23H17ClF4. The Kier molecular flexibility index (Phi) is 6.20. The molecule has 3 aromatic carbocycles. The first kappa shape index (κ1) is 20.2. The first-order chi connectivity index (χ1) is 13.4. The van der Waals surface area contributed by atoms with Gasteiger partial charge in [0.25, 0.3) is 0 Å². The maximum atomic E-state index is 14.6. The number of aryl methyl sites for hydroxylation is 1. The van der Waals surface area contributed by atoms with E-state index < -0.39 is 28.3 Å².